The number of nitrogens with zero attached hydrogens (tertiary/aromatic N) is 1. The summed E-state index contributed by atoms with van der Waals surface area (Å²) in [6.07, 6.45) is 0. The van der Waals surface area contributed by atoms with Crippen molar-refractivity contribution < 1.29 is 8.94 Å². The first kappa shape index (κ1) is 12.4. The number of hydrogen-bond acceptors (Lipinski definition) is 4. The number of hydrogen-bond donors (Lipinski definition) is 1. The number of furan rings is 1. The van der Waals surface area contributed by atoms with E-state index in [-0.39, 0.29) is 0 Å². The highest BCUT2D eigenvalue weighted by molar-refractivity contribution is 9.10. The van der Waals surface area contributed by atoms with Crippen LogP contribution in [0.2, 0.25) is 0 Å². The van der Waals surface area contributed by atoms with E-state index in [4.69, 9.17) is 8.94 Å². The van der Waals surface area contributed by atoms with Gasteiger partial charge in [-0.25, -0.2) is 0 Å². The molecule has 0 spiro atoms. The highest BCUT2D eigenvalue weighted by atomic mass is 79.9. The predicted octanol–water partition coefficient (Wildman–Crippen LogP) is 3.44. The van der Waals surface area contributed by atoms with E-state index in [2.05, 4.69) is 40.3 Å². The number of halogens is 1. The van der Waals surface area contributed by atoms with E-state index in [9.17, 15) is 0 Å². The van der Waals surface area contributed by atoms with Crippen molar-refractivity contribution in [2.75, 3.05) is 6.54 Å². The molecule has 1 N–H and O–H groups in total. The fourth-order valence-corrected chi connectivity index (χ4v) is 1.75. The van der Waals surface area contributed by atoms with Gasteiger partial charge in [0.2, 0.25) is 5.76 Å². The zero-order valence-corrected chi connectivity index (χ0v) is 11.5. The minimum Gasteiger partial charge on any atom is -0.446 e. The van der Waals surface area contributed by atoms with E-state index < -0.39 is 0 Å². The molecule has 2 aromatic rings. The Kier molecular flexibility index (Phi) is 4.02. The molecule has 0 amide bonds. The second-order valence-corrected chi connectivity index (χ2v) is 5.09. The standard InChI is InChI=1S/C12H15BrN2O2/c1-8(2)6-14-7-9-5-11(17-15-9)10-3-4-12(13)16-10/h3-5,8,14H,6-7H2,1-2H3. The summed E-state index contributed by atoms with van der Waals surface area (Å²) in [7, 11) is 0. The molecule has 0 radical (unpaired) electrons. The van der Waals surface area contributed by atoms with Crippen LogP contribution in [0.1, 0.15) is 19.5 Å². The normalized spacial score (nSPS) is 11.3. The minimum absolute atomic E-state index is 0.627. The molecule has 5 heteroatoms. The zero-order valence-electron chi connectivity index (χ0n) is 9.87. The molecule has 92 valence electrons. The highest BCUT2D eigenvalue weighted by Crippen LogP contribution is 2.25. The Balaban J connectivity index is 1.96. The molecule has 2 aromatic heterocycles. The molecule has 0 saturated heterocycles. The molecule has 0 aliphatic rings. The molecule has 0 aliphatic heterocycles. The van der Waals surface area contributed by atoms with Crippen molar-refractivity contribution in [1.82, 2.24) is 10.5 Å². The Labute approximate surface area is 108 Å². The average Bonchev–Trinajstić information content (AvgIpc) is 2.86. The first-order valence-electron chi connectivity index (χ1n) is 5.57. The quantitative estimate of drug-likeness (QED) is 0.919. The lowest BCUT2D eigenvalue weighted by Gasteiger charge is -2.03. The van der Waals surface area contributed by atoms with Gasteiger partial charge in [-0.3, -0.25) is 0 Å². The van der Waals surface area contributed by atoms with E-state index in [0.29, 0.717) is 28.7 Å². The van der Waals surface area contributed by atoms with Crippen LogP contribution in [0.25, 0.3) is 11.5 Å². The maximum Gasteiger partial charge on any atom is 0.202 e. The zero-order chi connectivity index (χ0) is 12.3. The summed E-state index contributed by atoms with van der Waals surface area (Å²) < 4.78 is 11.3. The van der Waals surface area contributed by atoms with Crippen LogP contribution in [0.15, 0.2) is 31.8 Å². The van der Waals surface area contributed by atoms with Crippen LogP contribution in [-0.2, 0) is 6.54 Å². The summed E-state index contributed by atoms with van der Waals surface area (Å²) in [6.45, 7) is 6.02. The second-order valence-electron chi connectivity index (χ2n) is 4.31. The van der Waals surface area contributed by atoms with E-state index >= 15 is 0 Å². The summed E-state index contributed by atoms with van der Waals surface area (Å²) >= 11 is 3.25. The first-order valence-corrected chi connectivity index (χ1v) is 6.36. The van der Waals surface area contributed by atoms with Gasteiger partial charge < -0.3 is 14.3 Å². The molecule has 0 fully saturated rings. The highest BCUT2D eigenvalue weighted by Gasteiger charge is 2.10. The topological polar surface area (TPSA) is 51.2 Å². The number of rotatable bonds is 5. The van der Waals surface area contributed by atoms with Crippen LogP contribution in [-0.4, -0.2) is 11.7 Å². The second kappa shape index (κ2) is 5.51. The molecule has 17 heavy (non-hydrogen) atoms. The van der Waals surface area contributed by atoms with Crippen LogP contribution in [0.3, 0.4) is 0 Å². The Hall–Kier alpha value is -1.07. The van der Waals surface area contributed by atoms with Crippen LogP contribution in [0.5, 0.6) is 0 Å². The fraction of sp³-hybridized carbons (Fsp3) is 0.417. The molecule has 0 unspecified atom stereocenters. The van der Waals surface area contributed by atoms with Gasteiger partial charge in [-0.15, -0.1) is 0 Å². The fourth-order valence-electron chi connectivity index (χ4n) is 1.45. The molecular formula is C12H15BrN2O2. The van der Waals surface area contributed by atoms with Crippen molar-refractivity contribution >= 4 is 15.9 Å². The van der Waals surface area contributed by atoms with E-state index in [1.54, 1.807) is 0 Å². The Morgan fingerprint density at radius 1 is 1.35 bits per heavy atom. The largest absolute Gasteiger partial charge is 0.446 e. The van der Waals surface area contributed by atoms with Crippen molar-refractivity contribution in [2.45, 2.75) is 20.4 Å². The van der Waals surface area contributed by atoms with Crippen molar-refractivity contribution in [2.24, 2.45) is 5.92 Å². The van der Waals surface area contributed by atoms with Gasteiger partial charge in [0, 0.05) is 12.6 Å². The van der Waals surface area contributed by atoms with Gasteiger partial charge in [0.05, 0.1) is 5.69 Å². The number of nitrogens with one attached hydrogen (secondary N) is 1. The molecule has 0 aliphatic carbocycles. The molecule has 2 heterocycles. The van der Waals surface area contributed by atoms with E-state index in [1.165, 1.54) is 0 Å². The predicted molar refractivity (Wildman–Crippen MR) is 68.4 cm³/mol. The van der Waals surface area contributed by atoms with Crippen LogP contribution in [0.4, 0.5) is 0 Å². The third kappa shape index (κ3) is 3.44. The monoisotopic (exact) mass is 298 g/mol. The molecular weight excluding hydrogens is 284 g/mol. The summed E-state index contributed by atoms with van der Waals surface area (Å²) in [4.78, 5) is 0. The van der Waals surface area contributed by atoms with E-state index in [1.807, 2.05) is 18.2 Å². The summed E-state index contributed by atoms with van der Waals surface area (Å²) in [5.74, 6) is 1.96. The number of aromatic nitrogens is 1. The van der Waals surface area contributed by atoms with Gasteiger partial charge in [0.15, 0.2) is 10.4 Å². The lowest BCUT2D eigenvalue weighted by molar-refractivity contribution is 0.404. The molecule has 4 nitrogen and oxygen atoms in total. The lowest BCUT2D eigenvalue weighted by Crippen LogP contribution is -2.18. The van der Waals surface area contributed by atoms with Gasteiger partial charge in [-0.1, -0.05) is 19.0 Å². The van der Waals surface area contributed by atoms with Crippen molar-refractivity contribution in [1.29, 1.82) is 0 Å². The Morgan fingerprint density at radius 3 is 2.82 bits per heavy atom. The molecule has 0 saturated carbocycles. The summed E-state index contributed by atoms with van der Waals surface area (Å²) in [5.41, 5.74) is 0.883. The minimum atomic E-state index is 0.627. The van der Waals surface area contributed by atoms with Crippen LogP contribution < -0.4 is 5.32 Å². The Bertz CT molecular complexity index is 476. The summed E-state index contributed by atoms with van der Waals surface area (Å²) in [5, 5.41) is 7.29. The lowest BCUT2D eigenvalue weighted by atomic mass is 10.2. The third-order valence-electron chi connectivity index (χ3n) is 2.23. The van der Waals surface area contributed by atoms with Crippen molar-refractivity contribution in [3.63, 3.8) is 0 Å². The van der Waals surface area contributed by atoms with Gasteiger partial charge in [0.1, 0.15) is 0 Å². The smallest absolute Gasteiger partial charge is 0.202 e. The molecule has 0 atom stereocenters. The van der Waals surface area contributed by atoms with Gasteiger partial charge in [0.25, 0.3) is 0 Å². The molecule has 0 bridgehead atoms. The SMILES string of the molecule is CC(C)CNCc1cc(-c2ccc(Br)o2)on1. The van der Waals surface area contributed by atoms with E-state index in [0.717, 1.165) is 12.2 Å². The van der Waals surface area contributed by atoms with Crippen LogP contribution >= 0.6 is 15.9 Å². The van der Waals surface area contributed by atoms with Gasteiger partial charge >= 0.3 is 0 Å². The molecule has 2 rings (SSSR count). The third-order valence-corrected chi connectivity index (χ3v) is 2.66. The average molecular weight is 299 g/mol. The Morgan fingerprint density at radius 2 is 2.18 bits per heavy atom. The van der Waals surface area contributed by atoms with Crippen LogP contribution in [0, 0.1) is 5.92 Å². The summed E-state index contributed by atoms with van der Waals surface area (Å²) in [6, 6.07) is 5.56. The van der Waals surface area contributed by atoms with Crippen molar-refractivity contribution in [3.05, 3.63) is 28.6 Å². The first-order chi connectivity index (χ1) is 8.15. The maximum absolute atomic E-state index is 5.39. The maximum atomic E-state index is 5.39. The van der Waals surface area contributed by atoms with Gasteiger partial charge in [-0.2, -0.15) is 0 Å². The van der Waals surface area contributed by atoms with Crippen molar-refractivity contribution in [3.8, 4) is 11.5 Å². The van der Waals surface area contributed by atoms with Gasteiger partial charge in [-0.05, 0) is 40.5 Å². The molecule has 0 aromatic carbocycles.